The van der Waals surface area contributed by atoms with Crippen molar-refractivity contribution in [2.75, 3.05) is 27.3 Å². The Morgan fingerprint density at radius 1 is 1.09 bits per heavy atom. The standard InChI is InChI=1S/C17H24N2O4/c1-12(17(21)19-10-5-4-6-11-19)18-16(20)15-13(22-2)8-7-9-14(15)23-3/h7-9,12H,4-6,10-11H2,1-3H3,(H,18,20)/t12-/m1/s1. The third kappa shape index (κ3) is 3.94. The van der Waals surface area contributed by atoms with E-state index in [0.717, 1.165) is 32.4 Å². The first-order valence-corrected chi connectivity index (χ1v) is 7.89. The maximum absolute atomic E-state index is 12.6. The van der Waals surface area contributed by atoms with Crippen LogP contribution in [0.3, 0.4) is 0 Å². The molecule has 1 atom stereocenters. The van der Waals surface area contributed by atoms with Gasteiger partial charge in [0.1, 0.15) is 23.1 Å². The summed E-state index contributed by atoms with van der Waals surface area (Å²) in [4.78, 5) is 26.8. The van der Waals surface area contributed by atoms with Crippen LogP contribution >= 0.6 is 0 Å². The van der Waals surface area contributed by atoms with E-state index in [1.54, 1.807) is 25.1 Å². The largest absolute Gasteiger partial charge is 0.496 e. The van der Waals surface area contributed by atoms with Gasteiger partial charge in [-0.05, 0) is 38.3 Å². The monoisotopic (exact) mass is 320 g/mol. The molecule has 1 aromatic carbocycles. The molecule has 1 N–H and O–H groups in total. The van der Waals surface area contributed by atoms with Crippen molar-refractivity contribution in [2.45, 2.75) is 32.2 Å². The number of ether oxygens (including phenoxy) is 2. The number of hydrogen-bond donors (Lipinski definition) is 1. The fraction of sp³-hybridized carbons (Fsp3) is 0.529. The minimum atomic E-state index is -0.588. The first-order valence-electron chi connectivity index (χ1n) is 7.89. The van der Waals surface area contributed by atoms with E-state index in [4.69, 9.17) is 9.47 Å². The average molecular weight is 320 g/mol. The first-order chi connectivity index (χ1) is 11.1. The van der Waals surface area contributed by atoms with Gasteiger partial charge < -0.3 is 19.7 Å². The van der Waals surface area contributed by atoms with Gasteiger partial charge in [0.2, 0.25) is 5.91 Å². The molecule has 6 heteroatoms. The summed E-state index contributed by atoms with van der Waals surface area (Å²) in [5.41, 5.74) is 0.302. The van der Waals surface area contributed by atoms with Gasteiger partial charge in [-0.3, -0.25) is 9.59 Å². The predicted molar refractivity (Wildman–Crippen MR) is 86.9 cm³/mol. The number of nitrogens with zero attached hydrogens (tertiary/aromatic N) is 1. The molecule has 0 bridgehead atoms. The smallest absolute Gasteiger partial charge is 0.259 e. The minimum absolute atomic E-state index is 0.0492. The number of likely N-dealkylation sites (tertiary alicyclic amines) is 1. The van der Waals surface area contributed by atoms with E-state index in [-0.39, 0.29) is 11.8 Å². The lowest BCUT2D eigenvalue weighted by molar-refractivity contribution is -0.133. The highest BCUT2D eigenvalue weighted by Gasteiger charge is 2.26. The fourth-order valence-corrected chi connectivity index (χ4v) is 2.79. The molecule has 0 radical (unpaired) electrons. The SMILES string of the molecule is COc1cccc(OC)c1C(=O)N[C@H](C)C(=O)N1CCCCC1. The van der Waals surface area contributed by atoms with Crippen molar-refractivity contribution in [2.24, 2.45) is 0 Å². The molecule has 2 rings (SSSR count). The van der Waals surface area contributed by atoms with E-state index in [0.29, 0.717) is 17.1 Å². The van der Waals surface area contributed by atoms with E-state index >= 15 is 0 Å². The Balaban J connectivity index is 2.10. The van der Waals surface area contributed by atoms with Crippen molar-refractivity contribution in [3.8, 4) is 11.5 Å². The van der Waals surface area contributed by atoms with Crippen LogP contribution < -0.4 is 14.8 Å². The average Bonchev–Trinajstić information content (AvgIpc) is 2.60. The molecule has 1 fully saturated rings. The number of amides is 2. The summed E-state index contributed by atoms with van der Waals surface area (Å²) in [5.74, 6) is 0.406. The summed E-state index contributed by atoms with van der Waals surface area (Å²) in [5, 5.41) is 2.75. The predicted octanol–water partition coefficient (Wildman–Crippen LogP) is 1.83. The Labute approximate surface area is 136 Å². The zero-order valence-electron chi connectivity index (χ0n) is 13.9. The molecule has 23 heavy (non-hydrogen) atoms. The Hall–Kier alpha value is -2.24. The lowest BCUT2D eigenvalue weighted by Crippen LogP contribution is -2.48. The lowest BCUT2D eigenvalue weighted by atomic mass is 10.1. The summed E-state index contributed by atoms with van der Waals surface area (Å²) in [6, 6.07) is 4.54. The molecule has 0 saturated carbocycles. The Morgan fingerprint density at radius 3 is 2.17 bits per heavy atom. The Bertz CT molecular complexity index is 545. The summed E-state index contributed by atoms with van der Waals surface area (Å²) in [7, 11) is 2.99. The first kappa shape index (κ1) is 17.1. The number of hydrogen-bond acceptors (Lipinski definition) is 4. The molecule has 1 aromatic rings. The molecule has 0 aromatic heterocycles. The molecule has 1 heterocycles. The van der Waals surface area contributed by atoms with Crippen molar-refractivity contribution >= 4 is 11.8 Å². The van der Waals surface area contributed by atoms with Gasteiger partial charge in [-0.15, -0.1) is 0 Å². The van der Waals surface area contributed by atoms with Crippen molar-refractivity contribution in [3.63, 3.8) is 0 Å². The number of carbonyl (C=O) groups excluding carboxylic acids is 2. The van der Waals surface area contributed by atoms with Gasteiger partial charge in [-0.25, -0.2) is 0 Å². The topological polar surface area (TPSA) is 67.9 Å². The van der Waals surface area contributed by atoms with E-state index in [9.17, 15) is 9.59 Å². The van der Waals surface area contributed by atoms with E-state index in [2.05, 4.69) is 5.32 Å². The summed E-state index contributed by atoms with van der Waals surface area (Å²) in [6.45, 7) is 3.23. The van der Waals surface area contributed by atoms with Crippen LogP contribution in [-0.2, 0) is 4.79 Å². The van der Waals surface area contributed by atoms with E-state index < -0.39 is 6.04 Å². The van der Waals surface area contributed by atoms with Crippen LogP contribution in [0.25, 0.3) is 0 Å². The highest BCUT2D eigenvalue weighted by Crippen LogP contribution is 2.28. The highest BCUT2D eigenvalue weighted by molar-refractivity contribution is 6.01. The van der Waals surface area contributed by atoms with Gasteiger partial charge >= 0.3 is 0 Å². The van der Waals surface area contributed by atoms with Crippen LogP contribution in [0.4, 0.5) is 0 Å². The van der Waals surface area contributed by atoms with Crippen LogP contribution in [0, 0.1) is 0 Å². The Kier molecular flexibility index (Phi) is 5.84. The minimum Gasteiger partial charge on any atom is -0.496 e. The van der Waals surface area contributed by atoms with Crippen molar-refractivity contribution < 1.29 is 19.1 Å². The fourth-order valence-electron chi connectivity index (χ4n) is 2.79. The number of methoxy groups -OCH3 is 2. The number of nitrogens with one attached hydrogen (secondary N) is 1. The molecule has 1 saturated heterocycles. The molecule has 1 aliphatic heterocycles. The molecular formula is C17H24N2O4. The molecule has 6 nitrogen and oxygen atoms in total. The third-order valence-electron chi connectivity index (χ3n) is 4.04. The maximum atomic E-state index is 12.6. The van der Waals surface area contributed by atoms with Crippen LogP contribution in [0.5, 0.6) is 11.5 Å². The second-order valence-electron chi connectivity index (χ2n) is 5.62. The number of carbonyl (C=O) groups is 2. The van der Waals surface area contributed by atoms with Crippen molar-refractivity contribution in [1.82, 2.24) is 10.2 Å². The van der Waals surface area contributed by atoms with Crippen LogP contribution in [0.2, 0.25) is 0 Å². The molecule has 2 amide bonds. The summed E-state index contributed by atoms with van der Waals surface area (Å²) in [6.07, 6.45) is 3.20. The summed E-state index contributed by atoms with van der Waals surface area (Å²) >= 11 is 0. The van der Waals surface area contributed by atoms with Crippen LogP contribution in [-0.4, -0.2) is 50.1 Å². The zero-order valence-corrected chi connectivity index (χ0v) is 13.9. The number of piperidine rings is 1. The maximum Gasteiger partial charge on any atom is 0.259 e. The van der Waals surface area contributed by atoms with Gasteiger partial charge in [0.15, 0.2) is 0 Å². The van der Waals surface area contributed by atoms with Gasteiger partial charge in [0.25, 0.3) is 5.91 Å². The van der Waals surface area contributed by atoms with Gasteiger partial charge in [0, 0.05) is 13.1 Å². The van der Waals surface area contributed by atoms with Crippen LogP contribution in [0.1, 0.15) is 36.5 Å². The quantitative estimate of drug-likeness (QED) is 0.899. The normalized spacial score (nSPS) is 15.7. The molecule has 0 unspecified atom stereocenters. The van der Waals surface area contributed by atoms with Crippen molar-refractivity contribution in [1.29, 1.82) is 0 Å². The van der Waals surface area contributed by atoms with E-state index in [1.807, 2.05) is 4.90 Å². The zero-order chi connectivity index (χ0) is 16.8. The molecule has 1 aliphatic rings. The third-order valence-corrected chi connectivity index (χ3v) is 4.04. The van der Waals surface area contributed by atoms with Gasteiger partial charge in [0.05, 0.1) is 14.2 Å². The lowest BCUT2D eigenvalue weighted by Gasteiger charge is -2.29. The second kappa shape index (κ2) is 7.85. The summed E-state index contributed by atoms with van der Waals surface area (Å²) < 4.78 is 10.5. The molecule has 0 spiro atoms. The van der Waals surface area contributed by atoms with E-state index in [1.165, 1.54) is 14.2 Å². The van der Waals surface area contributed by atoms with Crippen LogP contribution in [0.15, 0.2) is 18.2 Å². The molecule has 0 aliphatic carbocycles. The van der Waals surface area contributed by atoms with Crippen molar-refractivity contribution in [3.05, 3.63) is 23.8 Å². The second-order valence-corrected chi connectivity index (χ2v) is 5.62. The molecular weight excluding hydrogens is 296 g/mol. The number of rotatable bonds is 5. The molecule has 126 valence electrons. The Morgan fingerprint density at radius 2 is 1.65 bits per heavy atom. The number of benzene rings is 1. The highest BCUT2D eigenvalue weighted by atomic mass is 16.5. The van der Waals surface area contributed by atoms with Gasteiger partial charge in [-0.1, -0.05) is 6.07 Å². The van der Waals surface area contributed by atoms with Gasteiger partial charge in [-0.2, -0.15) is 0 Å².